The average Bonchev–Trinajstić information content (AvgIpc) is 2.29. The van der Waals surface area contributed by atoms with Crippen LogP contribution in [-0.2, 0) is 6.61 Å². The number of aliphatic hydroxyl groups excluding tert-OH is 1. The summed E-state index contributed by atoms with van der Waals surface area (Å²) in [5, 5.41) is 9.22. The molecule has 2 rings (SSSR count). The highest BCUT2D eigenvalue weighted by Gasteiger charge is 2.08. The molecule has 0 aliphatic heterocycles. The molecule has 0 saturated carbocycles. The van der Waals surface area contributed by atoms with Crippen molar-refractivity contribution in [1.82, 2.24) is 4.98 Å². The maximum Gasteiger partial charge on any atom is 0.131 e. The fraction of sp³-hybridized carbons (Fsp3) is 0.0833. The van der Waals surface area contributed by atoms with Crippen LogP contribution >= 0.6 is 0 Å². The number of nitrogen functional groups attached to an aromatic ring is 1. The van der Waals surface area contributed by atoms with Gasteiger partial charge in [-0.15, -0.1) is 0 Å². The van der Waals surface area contributed by atoms with Gasteiger partial charge in [-0.1, -0.05) is 30.3 Å². The summed E-state index contributed by atoms with van der Waals surface area (Å²) in [5.74, 6) is 0.452. The molecule has 2 aromatic rings. The number of aliphatic hydroxyl groups is 1. The van der Waals surface area contributed by atoms with Crippen LogP contribution in [0.1, 0.15) is 5.56 Å². The Hall–Kier alpha value is -1.87. The number of hydrogen-bond acceptors (Lipinski definition) is 3. The van der Waals surface area contributed by atoms with Crippen molar-refractivity contribution in [2.75, 3.05) is 5.73 Å². The van der Waals surface area contributed by atoms with Crippen LogP contribution in [0, 0.1) is 0 Å². The molecule has 0 saturated heterocycles. The van der Waals surface area contributed by atoms with E-state index in [1.807, 2.05) is 30.3 Å². The van der Waals surface area contributed by atoms with E-state index < -0.39 is 0 Å². The van der Waals surface area contributed by atoms with E-state index in [4.69, 9.17) is 5.73 Å². The molecule has 0 fully saturated rings. The minimum absolute atomic E-state index is 0.0308. The predicted octanol–water partition coefficient (Wildman–Crippen LogP) is 1.82. The quantitative estimate of drug-likeness (QED) is 0.777. The van der Waals surface area contributed by atoms with Gasteiger partial charge in [-0.25, -0.2) is 4.98 Å². The minimum Gasteiger partial charge on any atom is -0.392 e. The number of hydrogen-bond donors (Lipinski definition) is 2. The lowest BCUT2D eigenvalue weighted by atomic mass is 10.0. The number of pyridine rings is 1. The summed E-state index contributed by atoms with van der Waals surface area (Å²) >= 11 is 0. The Morgan fingerprint density at radius 1 is 1.13 bits per heavy atom. The van der Waals surface area contributed by atoms with E-state index in [-0.39, 0.29) is 6.61 Å². The van der Waals surface area contributed by atoms with E-state index >= 15 is 0 Å². The summed E-state index contributed by atoms with van der Waals surface area (Å²) in [6.45, 7) is -0.0308. The number of anilines is 1. The third-order valence-corrected chi connectivity index (χ3v) is 2.30. The van der Waals surface area contributed by atoms with E-state index in [0.717, 1.165) is 16.7 Å². The second-order valence-corrected chi connectivity index (χ2v) is 3.25. The molecule has 1 aromatic carbocycles. The lowest BCUT2D eigenvalue weighted by Gasteiger charge is -2.09. The first-order valence-electron chi connectivity index (χ1n) is 4.72. The minimum atomic E-state index is -0.0308. The smallest absolute Gasteiger partial charge is 0.131 e. The van der Waals surface area contributed by atoms with Gasteiger partial charge in [0.05, 0.1) is 6.61 Å². The summed E-state index contributed by atoms with van der Waals surface area (Å²) in [6, 6.07) is 11.5. The second kappa shape index (κ2) is 4.11. The number of rotatable bonds is 2. The molecule has 3 nitrogen and oxygen atoms in total. The number of nitrogens with zero attached hydrogens (tertiary/aromatic N) is 1. The Morgan fingerprint density at radius 2 is 1.87 bits per heavy atom. The molecule has 15 heavy (non-hydrogen) atoms. The van der Waals surface area contributed by atoms with Gasteiger partial charge in [-0.05, 0) is 17.2 Å². The standard InChI is InChI=1S/C12H12N2O/c13-12-11(9-4-2-1-3-5-9)10(8-15)6-7-14-12/h1-7,15H,8H2,(H2,13,14). The highest BCUT2D eigenvalue weighted by molar-refractivity contribution is 5.76. The Labute approximate surface area is 88.2 Å². The summed E-state index contributed by atoms with van der Waals surface area (Å²) in [4.78, 5) is 4.03. The van der Waals surface area contributed by atoms with Gasteiger partial charge in [0, 0.05) is 11.8 Å². The fourth-order valence-electron chi connectivity index (χ4n) is 1.59. The second-order valence-electron chi connectivity index (χ2n) is 3.25. The Balaban J connectivity index is 2.61. The zero-order valence-corrected chi connectivity index (χ0v) is 8.22. The van der Waals surface area contributed by atoms with Crippen LogP contribution in [0.2, 0.25) is 0 Å². The average molecular weight is 200 g/mol. The molecule has 3 heteroatoms. The first-order valence-corrected chi connectivity index (χ1v) is 4.72. The maximum atomic E-state index is 9.22. The molecule has 0 amide bonds. The first kappa shape index (κ1) is 9.68. The van der Waals surface area contributed by atoms with E-state index in [1.54, 1.807) is 12.3 Å². The molecule has 1 heterocycles. The van der Waals surface area contributed by atoms with E-state index in [1.165, 1.54) is 0 Å². The molecule has 0 aliphatic carbocycles. The molecule has 3 N–H and O–H groups in total. The number of nitrogens with two attached hydrogens (primary N) is 1. The van der Waals surface area contributed by atoms with Crippen molar-refractivity contribution in [2.24, 2.45) is 0 Å². The van der Waals surface area contributed by atoms with E-state index in [0.29, 0.717) is 5.82 Å². The Kier molecular flexibility index (Phi) is 2.65. The third kappa shape index (κ3) is 1.82. The maximum absolute atomic E-state index is 9.22. The SMILES string of the molecule is Nc1nccc(CO)c1-c1ccccc1. The third-order valence-electron chi connectivity index (χ3n) is 2.30. The number of aromatic nitrogens is 1. The van der Waals surface area contributed by atoms with Crippen LogP contribution in [0.5, 0.6) is 0 Å². The normalized spacial score (nSPS) is 10.2. The molecule has 0 spiro atoms. The van der Waals surface area contributed by atoms with Gasteiger partial charge in [0.25, 0.3) is 0 Å². The largest absolute Gasteiger partial charge is 0.392 e. The van der Waals surface area contributed by atoms with Crippen molar-refractivity contribution < 1.29 is 5.11 Å². The van der Waals surface area contributed by atoms with Crippen molar-refractivity contribution in [1.29, 1.82) is 0 Å². The van der Waals surface area contributed by atoms with Crippen LogP contribution in [0.4, 0.5) is 5.82 Å². The van der Waals surface area contributed by atoms with Gasteiger partial charge in [0.2, 0.25) is 0 Å². The van der Waals surface area contributed by atoms with Crippen LogP contribution < -0.4 is 5.73 Å². The molecule has 0 bridgehead atoms. The van der Waals surface area contributed by atoms with Crippen molar-refractivity contribution in [3.8, 4) is 11.1 Å². The highest BCUT2D eigenvalue weighted by atomic mass is 16.3. The van der Waals surface area contributed by atoms with Crippen LogP contribution in [0.3, 0.4) is 0 Å². The zero-order chi connectivity index (χ0) is 10.7. The van der Waals surface area contributed by atoms with Gasteiger partial charge >= 0.3 is 0 Å². The van der Waals surface area contributed by atoms with Gasteiger partial charge in [-0.3, -0.25) is 0 Å². The van der Waals surface area contributed by atoms with Crippen molar-refractivity contribution >= 4 is 5.82 Å². The topological polar surface area (TPSA) is 59.1 Å². The predicted molar refractivity (Wildman–Crippen MR) is 60.0 cm³/mol. The fourth-order valence-corrected chi connectivity index (χ4v) is 1.59. The molecule has 1 aromatic heterocycles. The molecule has 0 radical (unpaired) electrons. The molecule has 76 valence electrons. The van der Waals surface area contributed by atoms with Gasteiger partial charge in [0.1, 0.15) is 5.82 Å². The molecule has 0 aliphatic rings. The highest BCUT2D eigenvalue weighted by Crippen LogP contribution is 2.27. The van der Waals surface area contributed by atoms with Gasteiger partial charge in [-0.2, -0.15) is 0 Å². The lowest BCUT2D eigenvalue weighted by Crippen LogP contribution is -1.98. The summed E-state index contributed by atoms with van der Waals surface area (Å²) in [6.07, 6.45) is 1.60. The van der Waals surface area contributed by atoms with Crippen LogP contribution in [0.15, 0.2) is 42.6 Å². The summed E-state index contributed by atoms with van der Waals surface area (Å²) < 4.78 is 0. The van der Waals surface area contributed by atoms with Gasteiger partial charge in [0.15, 0.2) is 0 Å². The Bertz CT molecular complexity index is 454. The molecule has 0 atom stereocenters. The van der Waals surface area contributed by atoms with Gasteiger partial charge < -0.3 is 10.8 Å². The first-order chi connectivity index (χ1) is 7.33. The van der Waals surface area contributed by atoms with Crippen LogP contribution in [0.25, 0.3) is 11.1 Å². The van der Waals surface area contributed by atoms with Crippen LogP contribution in [-0.4, -0.2) is 10.1 Å². The molecule has 0 unspecified atom stereocenters. The van der Waals surface area contributed by atoms with Crippen molar-refractivity contribution in [3.63, 3.8) is 0 Å². The molecular formula is C12H12N2O. The van der Waals surface area contributed by atoms with Crippen molar-refractivity contribution in [2.45, 2.75) is 6.61 Å². The van der Waals surface area contributed by atoms with E-state index in [2.05, 4.69) is 4.98 Å². The number of benzene rings is 1. The summed E-state index contributed by atoms with van der Waals surface area (Å²) in [5.41, 5.74) is 8.41. The Morgan fingerprint density at radius 3 is 2.53 bits per heavy atom. The van der Waals surface area contributed by atoms with E-state index in [9.17, 15) is 5.11 Å². The monoisotopic (exact) mass is 200 g/mol. The lowest BCUT2D eigenvalue weighted by molar-refractivity contribution is 0.282. The van der Waals surface area contributed by atoms with Crippen molar-refractivity contribution in [3.05, 3.63) is 48.2 Å². The summed E-state index contributed by atoms with van der Waals surface area (Å²) in [7, 11) is 0. The zero-order valence-electron chi connectivity index (χ0n) is 8.22. The molecular weight excluding hydrogens is 188 g/mol.